The maximum atomic E-state index is 11.9. The van der Waals surface area contributed by atoms with Crippen LogP contribution in [-0.4, -0.2) is 35.9 Å². The fourth-order valence-electron chi connectivity index (χ4n) is 2.80. The zero-order valence-corrected chi connectivity index (χ0v) is 20.0. The number of ether oxygens (including phenoxy) is 2. The summed E-state index contributed by atoms with van der Waals surface area (Å²) in [6, 6.07) is 11.1. The highest BCUT2D eigenvalue weighted by Crippen LogP contribution is 2.37. The highest BCUT2D eigenvalue weighted by Gasteiger charge is 2.15. The van der Waals surface area contributed by atoms with Gasteiger partial charge in [0.1, 0.15) is 6.61 Å². The summed E-state index contributed by atoms with van der Waals surface area (Å²) in [6.07, 6.45) is 0. The predicted octanol–water partition coefficient (Wildman–Crippen LogP) is 0.460. The first-order valence-electron chi connectivity index (χ1n) is 9.87. The molecule has 0 atom stereocenters. The molecule has 1 amide bonds. The van der Waals surface area contributed by atoms with Gasteiger partial charge in [-0.2, -0.15) is 0 Å². The molecule has 0 bridgehead atoms. The molecule has 0 fully saturated rings. The molecule has 4 N–H and O–H groups in total. The Balaban J connectivity index is 0.00000385. The van der Waals surface area contributed by atoms with E-state index in [2.05, 4.69) is 25.6 Å². The zero-order chi connectivity index (χ0) is 22.9. The number of nitrogens with two attached hydrogens (primary N) is 1. The summed E-state index contributed by atoms with van der Waals surface area (Å²) >= 11 is 12.4. The Hall–Kier alpha value is -2.72. The van der Waals surface area contributed by atoms with Crippen LogP contribution in [0.2, 0.25) is 10.0 Å². The predicted molar refractivity (Wildman–Crippen MR) is 121 cm³/mol. The van der Waals surface area contributed by atoms with Crippen molar-refractivity contribution in [3.05, 3.63) is 63.3 Å². The summed E-state index contributed by atoms with van der Waals surface area (Å²) in [5.74, 6) is 0.549. The van der Waals surface area contributed by atoms with Gasteiger partial charge in [0.05, 0.1) is 11.6 Å². The van der Waals surface area contributed by atoms with E-state index in [1.807, 2.05) is 31.2 Å². The van der Waals surface area contributed by atoms with Gasteiger partial charge in [0, 0.05) is 24.7 Å². The topological polar surface area (TPSA) is 125 Å². The Morgan fingerprint density at radius 3 is 2.52 bits per heavy atom. The number of aromatic nitrogens is 2. The summed E-state index contributed by atoms with van der Waals surface area (Å²) in [5.41, 5.74) is 7.33. The van der Waals surface area contributed by atoms with Crippen LogP contribution in [-0.2, 0) is 13.2 Å². The number of benzene rings is 2. The van der Waals surface area contributed by atoms with E-state index in [-0.39, 0.29) is 23.9 Å². The van der Waals surface area contributed by atoms with Gasteiger partial charge < -0.3 is 38.2 Å². The van der Waals surface area contributed by atoms with Crippen molar-refractivity contribution in [2.24, 2.45) is 0 Å². The SMILES string of the molecule is CCOc1cc(CNCCNC(=O)c2nonc2N)cc(Cl)c1OCc1ccc(Cl)cc1.[Cl-]. The zero-order valence-electron chi connectivity index (χ0n) is 17.7. The van der Waals surface area contributed by atoms with Crippen LogP contribution in [0.3, 0.4) is 0 Å². The van der Waals surface area contributed by atoms with Crippen molar-refractivity contribution in [1.29, 1.82) is 0 Å². The summed E-state index contributed by atoms with van der Waals surface area (Å²) in [7, 11) is 0. The Labute approximate surface area is 207 Å². The van der Waals surface area contributed by atoms with Crippen LogP contribution in [0.15, 0.2) is 41.0 Å². The van der Waals surface area contributed by atoms with Crippen LogP contribution >= 0.6 is 23.2 Å². The lowest BCUT2D eigenvalue weighted by Gasteiger charge is -2.16. The Bertz CT molecular complexity index is 1050. The molecule has 9 nitrogen and oxygen atoms in total. The number of carbonyl (C=O) groups excluding carboxylic acids is 1. The molecule has 33 heavy (non-hydrogen) atoms. The van der Waals surface area contributed by atoms with E-state index < -0.39 is 5.91 Å². The number of nitrogens with one attached hydrogen (secondary N) is 2. The van der Waals surface area contributed by atoms with Crippen molar-refractivity contribution in [2.45, 2.75) is 20.1 Å². The fourth-order valence-corrected chi connectivity index (χ4v) is 3.21. The number of halogens is 3. The van der Waals surface area contributed by atoms with Crippen molar-refractivity contribution in [1.82, 2.24) is 20.9 Å². The van der Waals surface area contributed by atoms with Crippen molar-refractivity contribution in [3.8, 4) is 11.5 Å². The van der Waals surface area contributed by atoms with E-state index in [1.165, 1.54) is 0 Å². The van der Waals surface area contributed by atoms with Gasteiger partial charge >= 0.3 is 0 Å². The molecule has 0 aliphatic heterocycles. The molecule has 3 rings (SSSR count). The lowest BCUT2D eigenvalue weighted by molar-refractivity contribution is -0.0000160. The first-order chi connectivity index (χ1) is 15.5. The number of nitrogens with zero attached hydrogens (tertiary/aromatic N) is 2. The highest BCUT2D eigenvalue weighted by molar-refractivity contribution is 6.32. The van der Waals surface area contributed by atoms with Crippen LogP contribution in [0.1, 0.15) is 28.5 Å². The van der Waals surface area contributed by atoms with E-state index in [0.29, 0.717) is 54.4 Å². The second-order valence-electron chi connectivity index (χ2n) is 6.68. The average molecular weight is 516 g/mol. The maximum Gasteiger partial charge on any atom is 0.277 e. The van der Waals surface area contributed by atoms with E-state index in [0.717, 1.165) is 11.1 Å². The summed E-state index contributed by atoms with van der Waals surface area (Å²) in [6.45, 7) is 4.08. The van der Waals surface area contributed by atoms with Crippen molar-refractivity contribution < 1.29 is 31.3 Å². The molecule has 1 heterocycles. The molecule has 0 radical (unpaired) electrons. The molecule has 0 spiro atoms. The van der Waals surface area contributed by atoms with Gasteiger partial charge in [-0.05, 0) is 52.6 Å². The minimum absolute atomic E-state index is 0. The van der Waals surface area contributed by atoms with E-state index in [9.17, 15) is 4.79 Å². The first-order valence-corrected chi connectivity index (χ1v) is 10.6. The van der Waals surface area contributed by atoms with Gasteiger partial charge in [-0.15, -0.1) is 0 Å². The van der Waals surface area contributed by atoms with Crippen molar-refractivity contribution in [3.63, 3.8) is 0 Å². The van der Waals surface area contributed by atoms with Crippen LogP contribution in [0.25, 0.3) is 0 Å². The number of hydrogen-bond acceptors (Lipinski definition) is 8. The number of carbonyl (C=O) groups is 1. The van der Waals surface area contributed by atoms with Crippen molar-refractivity contribution in [2.75, 3.05) is 25.4 Å². The van der Waals surface area contributed by atoms with Crippen LogP contribution in [0.5, 0.6) is 11.5 Å². The van der Waals surface area contributed by atoms with E-state index >= 15 is 0 Å². The number of amides is 1. The monoisotopic (exact) mass is 514 g/mol. The molecule has 2 aromatic carbocycles. The Morgan fingerprint density at radius 1 is 1.09 bits per heavy atom. The van der Waals surface area contributed by atoms with Gasteiger partial charge in [-0.25, -0.2) is 4.63 Å². The number of hydrogen-bond donors (Lipinski definition) is 3. The maximum absolute atomic E-state index is 11.9. The third-order valence-electron chi connectivity index (χ3n) is 4.31. The Kier molecular flexibility index (Phi) is 10.5. The lowest BCUT2D eigenvalue weighted by Crippen LogP contribution is -3.00. The normalized spacial score (nSPS) is 10.4. The van der Waals surface area contributed by atoms with E-state index in [1.54, 1.807) is 12.1 Å². The first kappa shape index (κ1) is 26.5. The smallest absolute Gasteiger partial charge is 0.277 e. The molecule has 1 aromatic heterocycles. The van der Waals surface area contributed by atoms with Crippen LogP contribution < -0.4 is 38.2 Å². The summed E-state index contributed by atoms with van der Waals surface area (Å²) in [5, 5.41) is 13.8. The second-order valence-corrected chi connectivity index (χ2v) is 7.53. The third kappa shape index (κ3) is 7.68. The molecule has 0 aliphatic rings. The molecule has 178 valence electrons. The second kappa shape index (κ2) is 13.1. The minimum Gasteiger partial charge on any atom is -1.00 e. The average Bonchev–Trinajstić information content (AvgIpc) is 3.20. The summed E-state index contributed by atoms with van der Waals surface area (Å²) in [4.78, 5) is 11.9. The lowest BCUT2D eigenvalue weighted by atomic mass is 10.2. The standard InChI is InChI=1S/C21H23Cl2N5O4.ClH/c1-2-30-17-10-14(11-25-7-8-26-21(29)18-20(24)28-32-27-18)9-16(23)19(17)31-12-13-3-5-15(22)6-4-13;/h3-6,9-10,25H,2,7-8,11-12H2,1H3,(H2,24,28)(H,26,29);1H/p-1. The van der Waals surface area contributed by atoms with Gasteiger partial charge in [0.2, 0.25) is 11.5 Å². The molecular formula is C21H23Cl3N5O4-. The number of rotatable bonds is 11. The van der Waals surface area contributed by atoms with E-state index in [4.69, 9.17) is 38.4 Å². The molecule has 0 saturated carbocycles. The molecular weight excluding hydrogens is 493 g/mol. The van der Waals surface area contributed by atoms with Crippen LogP contribution in [0, 0.1) is 0 Å². The molecule has 3 aromatic rings. The van der Waals surface area contributed by atoms with Gasteiger partial charge in [0.25, 0.3) is 5.91 Å². The minimum atomic E-state index is -0.450. The van der Waals surface area contributed by atoms with Crippen LogP contribution in [0.4, 0.5) is 5.82 Å². The van der Waals surface area contributed by atoms with Gasteiger partial charge in [-0.3, -0.25) is 4.79 Å². The summed E-state index contributed by atoms with van der Waals surface area (Å²) < 4.78 is 16.1. The number of nitrogen functional groups attached to an aromatic ring is 1. The molecule has 0 unspecified atom stereocenters. The van der Waals surface area contributed by atoms with Crippen molar-refractivity contribution >= 4 is 34.9 Å². The largest absolute Gasteiger partial charge is 1.00 e. The molecule has 12 heteroatoms. The number of anilines is 1. The third-order valence-corrected chi connectivity index (χ3v) is 4.84. The van der Waals surface area contributed by atoms with Gasteiger partial charge in [0.15, 0.2) is 11.5 Å². The quantitative estimate of drug-likeness (QED) is 0.315. The molecule has 0 saturated heterocycles. The molecule has 0 aliphatic carbocycles. The fraction of sp³-hybridized carbons (Fsp3) is 0.286. The Morgan fingerprint density at radius 2 is 1.85 bits per heavy atom. The highest BCUT2D eigenvalue weighted by atomic mass is 35.5. The van der Waals surface area contributed by atoms with Gasteiger partial charge in [-0.1, -0.05) is 35.3 Å².